The number of nitriles is 1. The minimum atomic E-state index is -0.242. The van der Waals surface area contributed by atoms with Crippen LogP contribution in [0.3, 0.4) is 0 Å². The molecule has 3 fully saturated rings. The van der Waals surface area contributed by atoms with Crippen molar-refractivity contribution >= 4 is 11.8 Å². The number of rotatable bonds is 3. The molecular formula is C17H26N4O2. The Kier molecular flexibility index (Phi) is 4.33. The lowest BCUT2D eigenvalue weighted by molar-refractivity contribution is -0.130. The average molecular weight is 318 g/mol. The first kappa shape index (κ1) is 16.3. The van der Waals surface area contributed by atoms with Gasteiger partial charge in [0.2, 0.25) is 11.8 Å². The predicted molar refractivity (Wildman–Crippen MR) is 85.2 cm³/mol. The van der Waals surface area contributed by atoms with Gasteiger partial charge in [0.05, 0.1) is 12.6 Å². The third-order valence-electron chi connectivity index (χ3n) is 5.97. The van der Waals surface area contributed by atoms with Crippen molar-refractivity contribution in [1.82, 2.24) is 15.1 Å². The van der Waals surface area contributed by atoms with E-state index in [0.29, 0.717) is 25.0 Å². The molecule has 0 aromatic heterocycles. The van der Waals surface area contributed by atoms with Crippen LogP contribution in [0.1, 0.15) is 39.5 Å². The van der Waals surface area contributed by atoms with Gasteiger partial charge in [0, 0.05) is 32.6 Å². The van der Waals surface area contributed by atoms with Crippen molar-refractivity contribution in [2.45, 2.75) is 51.6 Å². The maximum Gasteiger partial charge on any atom is 0.237 e. The Morgan fingerprint density at radius 1 is 1.43 bits per heavy atom. The van der Waals surface area contributed by atoms with Crippen molar-refractivity contribution < 1.29 is 9.59 Å². The minimum Gasteiger partial charge on any atom is -0.342 e. The van der Waals surface area contributed by atoms with E-state index in [-0.39, 0.29) is 23.3 Å². The second-order valence-corrected chi connectivity index (χ2v) is 7.64. The Bertz CT molecular complexity index is 543. The van der Waals surface area contributed by atoms with Crippen molar-refractivity contribution in [3.63, 3.8) is 0 Å². The molecule has 1 aliphatic carbocycles. The lowest BCUT2D eigenvalue weighted by Crippen LogP contribution is -2.43. The minimum absolute atomic E-state index is 0.0432. The third-order valence-corrected chi connectivity index (χ3v) is 5.97. The van der Waals surface area contributed by atoms with Gasteiger partial charge in [-0.1, -0.05) is 6.92 Å². The van der Waals surface area contributed by atoms with E-state index in [2.05, 4.69) is 18.3 Å². The molecule has 23 heavy (non-hydrogen) atoms. The Labute approximate surface area is 137 Å². The van der Waals surface area contributed by atoms with E-state index >= 15 is 0 Å². The highest BCUT2D eigenvalue weighted by Crippen LogP contribution is 2.48. The van der Waals surface area contributed by atoms with Gasteiger partial charge in [0.25, 0.3) is 0 Å². The number of carbonyl (C=O) groups excluding carboxylic acids is 2. The van der Waals surface area contributed by atoms with Crippen molar-refractivity contribution in [2.24, 2.45) is 11.3 Å². The quantitative estimate of drug-likeness (QED) is 0.832. The molecule has 2 aliphatic heterocycles. The number of fused-ring (bicyclic) bond motifs is 1. The second-order valence-electron chi connectivity index (χ2n) is 7.64. The molecule has 6 heteroatoms. The van der Waals surface area contributed by atoms with Crippen LogP contribution < -0.4 is 5.32 Å². The second kappa shape index (κ2) is 6.12. The maximum atomic E-state index is 12.3. The van der Waals surface area contributed by atoms with Gasteiger partial charge in [0.1, 0.15) is 6.04 Å². The van der Waals surface area contributed by atoms with Crippen LogP contribution in [-0.4, -0.2) is 59.9 Å². The van der Waals surface area contributed by atoms with Gasteiger partial charge < -0.3 is 15.1 Å². The normalized spacial score (nSPS) is 36.1. The summed E-state index contributed by atoms with van der Waals surface area (Å²) < 4.78 is 0. The summed E-state index contributed by atoms with van der Waals surface area (Å²) in [5.41, 5.74) is 0.176. The summed E-state index contributed by atoms with van der Waals surface area (Å²) in [5, 5.41) is 12.5. The number of hydrogen-bond donors (Lipinski definition) is 1. The molecule has 2 saturated heterocycles. The summed E-state index contributed by atoms with van der Waals surface area (Å²) in [7, 11) is 0. The highest BCUT2D eigenvalue weighted by atomic mass is 16.2. The lowest BCUT2D eigenvalue weighted by Gasteiger charge is -2.25. The van der Waals surface area contributed by atoms with E-state index in [1.54, 1.807) is 11.8 Å². The molecule has 126 valence electrons. The number of amides is 2. The standard InChI is InChI=1S/C17H26N4O2/c1-12(22)20-10-13-6-14(7-17(13,2)11-20)19-9-16(23)21-5-3-4-15(21)8-18/h13-15,19H,3-7,9-11H2,1-2H3/t13-,14-,15-,17+/m0/s1. The predicted octanol–water partition coefficient (Wildman–Crippen LogP) is 0.738. The number of carbonyl (C=O) groups is 2. The topological polar surface area (TPSA) is 76.4 Å². The molecule has 0 unspecified atom stereocenters. The average Bonchev–Trinajstić information content (AvgIpc) is 3.15. The van der Waals surface area contributed by atoms with Crippen LogP contribution >= 0.6 is 0 Å². The first-order valence-corrected chi connectivity index (χ1v) is 8.61. The van der Waals surface area contributed by atoms with E-state index in [9.17, 15) is 9.59 Å². The van der Waals surface area contributed by atoms with E-state index in [0.717, 1.165) is 38.8 Å². The van der Waals surface area contributed by atoms with Crippen LogP contribution in [0.5, 0.6) is 0 Å². The molecule has 0 spiro atoms. The van der Waals surface area contributed by atoms with Crippen molar-refractivity contribution in [3.8, 4) is 6.07 Å². The van der Waals surface area contributed by atoms with Gasteiger partial charge >= 0.3 is 0 Å². The smallest absolute Gasteiger partial charge is 0.237 e. The van der Waals surface area contributed by atoms with Gasteiger partial charge in [-0.05, 0) is 37.0 Å². The van der Waals surface area contributed by atoms with Crippen LogP contribution in [-0.2, 0) is 9.59 Å². The lowest BCUT2D eigenvalue weighted by atomic mass is 9.83. The molecule has 0 aromatic rings. The monoisotopic (exact) mass is 318 g/mol. The molecule has 0 radical (unpaired) electrons. The van der Waals surface area contributed by atoms with Crippen LogP contribution in [0.25, 0.3) is 0 Å². The maximum absolute atomic E-state index is 12.3. The first-order chi connectivity index (χ1) is 10.9. The zero-order valence-corrected chi connectivity index (χ0v) is 14.0. The van der Waals surface area contributed by atoms with Crippen molar-refractivity contribution in [2.75, 3.05) is 26.2 Å². The molecule has 0 aromatic carbocycles. The van der Waals surface area contributed by atoms with Crippen LogP contribution in [0.15, 0.2) is 0 Å². The number of likely N-dealkylation sites (tertiary alicyclic amines) is 2. The van der Waals surface area contributed by atoms with E-state index in [1.165, 1.54) is 0 Å². The zero-order chi connectivity index (χ0) is 16.6. The Morgan fingerprint density at radius 3 is 2.87 bits per heavy atom. The van der Waals surface area contributed by atoms with Crippen LogP contribution in [0, 0.1) is 22.7 Å². The zero-order valence-electron chi connectivity index (χ0n) is 14.0. The van der Waals surface area contributed by atoms with Crippen molar-refractivity contribution in [3.05, 3.63) is 0 Å². The van der Waals surface area contributed by atoms with Crippen molar-refractivity contribution in [1.29, 1.82) is 5.26 Å². The molecule has 2 amide bonds. The molecule has 3 aliphatic rings. The summed E-state index contributed by atoms with van der Waals surface area (Å²) in [4.78, 5) is 27.5. The van der Waals surface area contributed by atoms with Gasteiger partial charge in [-0.25, -0.2) is 0 Å². The summed E-state index contributed by atoms with van der Waals surface area (Å²) >= 11 is 0. The SMILES string of the molecule is CC(=O)N1C[C@@H]2C[C@H](NCC(=O)N3CCC[C@H]3C#N)C[C@]2(C)C1. The van der Waals surface area contributed by atoms with E-state index < -0.39 is 0 Å². The Morgan fingerprint density at radius 2 is 2.22 bits per heavy atom. The molecular weight excluding hydrogens is 292 g/mol. The summed E-state index contributed by atoms with van der Waals surface area (Å²) in [5.74, 6) is 0.733. The molecule has 6 nitrogen and oxygen atoms in total. The molecule has 1 N–H and O–H groups in total. The number of nitrogens with zero attached hydrogens (tertiary/aromatic N) is 3. The third kappa shape index (κ3) is 3.07. The first-order valence-electron chi connectivity index (χ1n) is 8.61. The molecule has 0 bridgehead atoms. The Balaban J connectivity index is 1.49. The van der Waals surface area contributed by atoms with Gasteiger partial charge in [-0.3, -0.25) is 9.59 Å². The van der Waals surface area contributed by atoms with E-state index in [4.69, 9.17) is 5.26 Å². The highest BCUT2D eigenvalue weighted by Gasteiger charge is 2.50. The largest absolute Gasteiger partial charge is 0.342 e. The molecule has 4 atom stereocenters. The summed E-state index contributed by atoms with van der Waals surface area (Å²) in [6.45, 7) is 6.61. The van der Waals surface area contributed by atoms with Crippen LogP contribution in [0.4, 0.5) is 0 Å². The summed E-state index contributed by atoms with van der Waals surface area (Å²) in [6.07, 6.45) is 3.76. The van der Waals surface area contributed by atoms with Crippen LogP contribution in [0.2, 0.25) is 0 Å². The fraction of sp³-hybridized carbons (Fsp3) is 0.824. The summed E-state index contributed by atoms with van der Waals surface area (Å²) in [6, 6.07) is 2.31. The van der Waals surface area contributed by atoms with E-state index in [1.807, 2.05) is 4.90 Å². The van der Waals surface area contributed by atoms with Gasteiger partial charge in [0.15, 0.2) is 0 Å². The molecule has 2 heterocycles. The highest BCUT2D eigenvalue weighted by molar-refractivity contribution is 5.79. The fourth-order valence-electron chi connectivity index (χ4n) is 4.62. The fourth-order valence-corrected chi connectivity index (χ4v) is 4.62. The molecule has 3 rings (SSSR count). The van der Waals surface area contributed by atoms with Gasteiger partial charge in [-0.15, -0.1) is 0 Å². The molecule has 1 saturated carbocycles. The number of nitrogens with one attached hydrogen (secondary N) is 1. The Hall–Kier alpha value is -1.61. The number of hydrogen-bond acceptors (Lipinski definition) is 4. The van der Waals surface area contributed by atoms with Gasteiger partial charge in [-0.2, -0.15) is 5.26 Å².